The highest BCUT2D eigenvalue weighted by atomic mass is 32.1. The summed E-state index contributed by atoms with van der Waals surface area (Å²) in [6.45, 7) is 4.00. The van der Waals surface area contributed by atoms with Crippen molar-refractivity contribution in [3.63, 3.8) is 0 Å². The van der Waals surface area contributed by atoms with Gasteiger partial charge in [-0.15, -0.1) is 10.2 Å². The first-order valence-electron chi connectivity index (χ1n) is 6.20. The number of carbonyl (C=O) groups is 1. The van der Waals surface area contributed by atoms with Gasteiger partial charge in [0.2, 0.25) is 10.1 Å². The molecule has 1 aliphatic heterocycles. The van der Waals surface area contributed by atoms with Gasteiger partial charge in [0.1, 0.15) is 0 Å². The summed E-state index contributed by atoms with van der Waals surface area (Å²) in [4.78, 5) is 16.2. The predicted molar refractivity (Wildman–Crippen MR) is 72.1 cm³/mol. The molecule has 0 radical (unpaired) electrons. The Kier molecular flexibility index (Phi) is 4.48. The molecule has 1 aromatic rings. The van der Waals surface area contributed by atoms with Crippen molar-refractivity contribution < 1.29 is 4.79 Å². The smallest absolute Gasteiger partial charge is 0.284 e. The molecule has 1 N–H and O–H groups in total. The third-order valence-corrected chi connectivity index (χ3v) is 4.05. The van der Waals surface area contributed by atoms with Gasteiger partial charge in [-0.3, -0.25) is 4.79 Å². The van der Waals surface area contributed by atoms with Crippen LogP contribution in [0.1, 0.15) is 22.6 Å². The number of rotatable bonds is 5. The van der Waals surface area contributed by atoms with Crippen molar-refractivity contribution in [1.82, 2.24) is 20.0 Å². The van der Waals surface area contributed by atoms with Gasteiger partial charge in [0.15, 0.2) is 0 Å². The summed E-state index contributed by atoms with van der Waals surface area (Å²) in [5.74, 6) is -0.0480. The molecule has 100 valence electrons. The first-order valence-corrected chi connectivity index (χ1v) is 7.01. The number of carbonyl (C=O) groups excluding carboxylic acids is 1. The van der Waals surface area contributed by atoms with Gasteiger partial charge in [-0.05, 0) is 25.9 Å². The first-order chi connectivity index (χ1) is 8.70. The lowest BCUT2D eigenvalue weighted by Crippen LogP contribution is -2.35. The Hall–Kier alpha value is -1.21. The highest BCUT2D eigenvalue weighted by Gasteiger charge is 2.18. The van der Waals surface area contributed by atoms with Crippen molar-refractivity contribution in [2.75, 3.05) is 45.6 Å². The molecular formula is C11H19N5OS. The van der Waals surface area contributed by atoms with Gasteiger partial charge in [-0.25, -0.2) is 0 Å². The second-order valence-corrected chi connectivity index (χ2v) is 5.42. The molecule has 1 amide bonds. The fourth-order valence-corrected chi connectivity index (χ4v) is 2.66. The third kappa shape index (κ3) is 3.17. The summed E-state index contributed by atoms with van der Waals surface area (Å²) < 4.78 is 0. The monoisotopic (exact) mass is 269 g/mol. The number of anilines is 1. The van der Waals surface area contributed by atoms with Crippen molar-refractivity contribution in [3.05, 3.63) is 5.01 Å². The van der Waals surface area contributed by atoms with E-state index in [0.717, 1.165) is 26.2 Å². The van der Waals surface area contributed by atoms with Crippen molar-refractivity contribution >= 4 is 22.4 Å². The number of nitrogens with one attached hydrogen (secondary N) is 1. The van der Waals surface area contributed by atoms with E-state index in [2.05, 4.69) is 20.4 Å². The van der Waals surface area contributed by atoms with E-state index in [1.807, 2.05) is 7.05 Å². The van der Waals surface area contributed by atoms with E-state index in [1.54, 1.807) is 11.9 Å². The van der Waals surface area contributed by atoms with E-state index in [-0.39, 0.29) is 5.91 Å². The molecular weight excluding hydrogens is 250 g/mol. The maximum absolute atomic E-state index is 12.1. The topological polar surface area (TPSA) is 61.4 Å². The fourth-order valence-electron chi connectivity index (χ4n) is 1.97. The van der Waals surface area contributed by atoms with E-state index in [0.29, 0.717) is 10.1 Å². The Morgan fingerprint density at radius 1 is 1.44 bits per heavy atom. The van der Waals surface area contributed by atoms with Gasteiger partial charge in [-0.1, -0.05) is 11.3 Å². The molecule has 0 spiro atoms. The number of hydrogen-bond donors (Lipinski definition) is 1. The number of hydrogen-bond acceptors (Lipinski definition) is 6. The molecule has 0 unspecified atom stereocenters. The summed E-state index contributed by atoms with van der Waals surface area (Å²) in [6, 6.07) is 0. The minimum Gasteiger partial charge on any atom is -0.363 e. The minimum atomic E-state index is -0.0480. The number of amides is 1. The van der Waals surface area contributed by atoms with Crippen LogP contribution in [0.25, 0.3) is 0 Å². The van der Waals surface area contributed by atoms with Gasteiger partial charge in [-0.2, -0.15) is 0 Å². The van der Waals surface area contributed by atoms with Crippen molar-refractivity contribution in [3.8, 4) is 0 Å². The van der Waals surface area contributed by atoms with Gasteiger partial charge < -0.3 is 15.1 Å². The second-order valence-electron chi connectivity index (χ2n) is 4.44. The highest BCUT2D eigenvalue weighted by molar-refractivity contribution is 7.17. The van der Waals surface area contributed by atoms with Crippen LogP contribution in [0.15, 0.2) is 0 Å². The quantitative estimate of drug-likeness (QED) is 0.854. The van der Waals surface area contributed by atoms with E-state index >= 15 is 0 Å². The predicted octanol–water partition coefficient (Wildman–Crippen LogP) is 0.748. The summed E-state index contributed by atoms with van der Waals surface area (Å²) in [7, 11) is 3.59. The van der Waals surface area contributed by atoms with Crippen molar-refractivity contribution in [2.24, 2.45) is 0 Å². The van der Waals surface area contributed by atoms with E-state index < -0.39 is 0 Å². The lowest BCUT2D eigenvalue weighted by Gasteiger charge is -2.20. The van der Waals surface area contributed by atoms with Crippen LogP contribution in [0.4, 0.5) is 5.13 Å². The number of aromatic nitrogens is 2. The zero-order valence-electron chi connectivity index (χ0n) is 10.8. The largest absolute Gasteiger partial charge is 0.363 e. The van der Waals surface area contributed by atoms with Crippen LogP contribution in [0.5, 0.6) is 0 Å². The van der Waals surface area contributed by atoms with Crippen LogP contribution in [0.3, 0.4) is 0 Å². The van der Waals surface area contributed by atoms with E-state index in [9.17, 15) is 4.79 Å². The van der Waals surface area contributed by atoms with E-state index in [1.165, 1.54) is 24.2 Å². The highest BCUT2D eigenvalue weighted by Crippen LogP contribution is 2.15. The molecule has 18 heavy (non-hydrogen) atoms. The molecule has 1 fully saturated rings. The molecule has 0 bridgehead atoms. The number of likely N-dealkylation sites (tertiary alicyclic amines) is 1. The maximum Gasteiger partial charge on any atom is 0.284 e. The molecule has 2 rings (SSSR count). The Bertz CT molecular complexity index is 402. The zero-order valence-corrected chi connectivity index (χ0v) is 11.7. The Labute approximate surface area is 111 Å². The molecule has 2 heterocycles. The summed E-state index contributed by atoms with van der Waals surface area (Å²) in [6.07, 6.45) is 2.55. The zero-order chi connectivity index (χ0) is 13.0. The SMILES string of the molecule is CNc1nnc(C(=O)N(C)CCN2CCCC2)s1. The second kappa shape index (κ2) is 6.10. The molecule has 0 aromatic carbocycles. The first kappa shape index (κ1) is 13.2. The summed E-state index contributed by atoms with van der Waals surface area (Å²) >= 11 is 1.29. The number of nitrogens with zero attached hydrogens (tertiary/aromatic N) is 4. The fraction of sp³-hybridized carbons (Fsp3) is 0.727. The van der Waals surface area contributed by atoms with Gasteiger partial charge in [0.25, 0.3) is 5.91 Å². The summed E-state index contributed by atoms with van der Waals surface area (Å²) in [5, 5.41) is 11.8. The lowest BCUT2D eigenvalue weighted by molar-refractivity contribution is 0.0781. The Morgan fingerprint density at radius 3 is 2.78 bits per heavy atom. The Balaban J connectivity index is 1.83. The van der Waals surface area contributed by atoms with Crippen LogP contribution in [0.2, 0.25) is 0 Å². The van der Waals surface area contributed by atoms with Gasteiger partial charge >= 0.3 is 0 Å². The lowest BCUT2D eigenvalue weighted by atomic mass is 10.4. The van der Waals surface area contributed by atoms with Crippen LogP contribution < -0.4 is 5.32 Å². The third-order valence-electron chi connectivity index (χ3n) is 3.12. The standard InChI is InChI=1S/C11H19N5OS/c1-12-11-14-13-9(18-11)10(17)15(2)7-8-16-5-3-4-6-16/h3-8H2,1-2H3,(H,12,14). The average Bonchev–Trinajstić information content (AvgIpc) is 3.05. The van der Waals surface area contributed by atoms with Crippen LogP contribution in [-0.2, 0) is 0 Å². The summed E-state index contributed by atoms with van der Waals surface area (Å²) in [5.41, 5.74) is 0. The van der Waals surface area contributed by atoms with E-state index in [4.69, 9.17) is 0 Å². The average molecular weight is 269 g/mol. The van der Waals surface area contributed by atoms with Crippen molar-refractivity contribution in [1.29, 1.82) is 0 Å². The molecule has 1 aromatic heterocycles. The van der Waals surface area contributed by atoms with Crippen LogP contribution in [0, 0.1) is 0 Å². The molecule has 6 nitrogen and oxygen atoms in total. The molecule has 1 aliphatic rings. The van der Waals surface area contributed by atoms with Gasteiger partial charge in [0.05, 0.1) is 0 Å². The molecule has 0 aliphatic carbocycles. The Morgan fingerprint density at radius 2 is 2.17 bits per heavy atom. The minimum absolute atomic E-state index is 0.0480. The molecule has 7 heteroatoms. The normalized spacial score (nSPS) is 15.9. The van der Waals surface area contributed by atoms with Crippen LogP contribution >= 0.6 is 11.3 Å². The maximum atomic E-state index is 12.1. The molecule has 1 saturated heterocycles. The number of likely N-dealkylation sites (N-methyl/N-ethyl adjacent to an activating group) is 1. The van der Waals surface area contributed by atoms with Gasteiger partial charge in [0, 0.05) is 27.2 Å². The van der Waals surface area contributed by atoms with Crippen LogP contribution in [-0.4, -0.2) is 66.2 Å². The molecule has 0 atom stereocenters. The van der Waals surface area contributed by atoms with Crippen molar-refractivity contribution in [2.45, 2.75) is 12.8 Å². The molecule has 0 saturated carbocycles.